The number of halogens is 1. The van der Waals surface area contributed by atoms with E-state index in [1.165, 1.54) is 34.5 Å². The number of sulfonamides is 1. The Morgan fingerprint density at radius 3 is 2.17 bits per heavy atom. The summed E-state index contributed by atoms with van der Waals surface area (Å²) in [5.74, 6) is -1.11. The summed E-state index contributed by atoms with van der Waals surface area (Å²) in [5, 5.41) is 2.94. The number of rotatable bonds is 15. The lowest BCUT2D eigenvalue weighted by Crippen LogP contribution is -2.50. The summed E-state index contributed by atoms with van der Waals surface area (Å²) in [6.07, 6.45) is 2.21. The molecule has 0 saturated heterocycles. The van der Waals surface area contributed by atoms with E-state index >= 15 is 0 Å². The summed E-state index contributed by atoms with van der Waals surface area (Å²) in [6, 6.07) is 22.8. The highest BCUT2D eigenvalue weighted by atomic mass is 32.2. The van der Waals surface area contributed by atoms with Gasteiger partial charge < -0.3 is 10.2 Å². The maximum atomic E-state index is 14.7. The van der Waals surface area contributed by atoms with Gasteiger partial charge in [0.1, 0.15) is 11.9 Å². The molecule has 1 N–H and O–H groups in total. The minimum absolute atomic E-state index is 0.00334. The smallest absolute Gasteiger partial charge is 0.243 e. The molecule has 1 unspecified atom stereocenters. The van der Waals surface area contributed by atoms with E-state index in [-0.39, 0.29) is 49.1 Å². The van der Waals surface area contributed by atoms with E-state index in [4.69, 9.17) is 0 Å². The van der Waals surface area contributed by atoms with Crippen molar-refractivity contribution in [3.8, 4) is 0 Å². The van der Waals surface area contributed by atoms with E-state index in [9.17, 15) is 22.4 Å². The Labute approximate surface area is 237 Å². The van der Waals surface area contributed by atoms with Crippen molar-refractivity contribution >= 4 is 21.8 Å². The third-order valence-corrected chi connectivity index (χ3v) is 8.59. The van der Waals surface area contributed by atoms with Crippen LogP contribution in [0.5, 0.6) is 0 Å². The van der Waals surface area contributed by atoms with Gasteiger partial charge in [-0.2, -0.15) is 0 Å². The van der Waals surface area contributed by atoms with Gasteiger partial charge in [-0.25, -0.2) is 17.1 Å². The van der Waals surface area contributed by atoms with Crippen LogP contribution in [0.4, 0.5) is 4.39 Å². The molecule has 0 spiro atoms. The average molecular weight is 568 g/mol. The number of hydrogen-bond acceptors (Lipinski definition) is 4. The van der Waals surface area contributed by atoms with Crippen LogP contribution >= 0.6 is 0 Å². The van der Waals surface area contributed by atoms with Crippen molar-refractivity contribution in [3.05, 3.63) is 102 Å². The predicted octanol–water partition coefficient (Wildman–Crippen LogP) is 4.78. The van der Waals surface area contributed by atoms with E-state index in [1.54, 1.807) is 36.4 Å². The fourth-order valence-corrected chi connectivity index (χ4v) is 5.59. The number of nitrogens with zero attached hydrogens (tertiary/aromatic N) is 2. The molecule has 0 aliphatic carbocycles. The Morgan fingerprint density at radius 2 is 1.52 bits per heavy atom. The monoisotopic (exact) mass is 567 g/mol. The normalized spacial score (nSPS) is 12.2. The largest absolute Gasteiger partial charge is 0.354 e. The Morgan fingerprint density at radius 1 is 0.900 bits per heavy atom. The third-order valence-electron chi connectivity index (χ3n) is 6.71. The molecule has 2 amide bonds. The van der Waals surface area contributed by atoms with Gasteiger partial charge in [0, 0.05) is 45.1 Å². The number of amides is 2. The number of carbonyl (C=O) groups is 2. The molecule has 214 valence electrons. The fourth-order valence-electron chi connectivity index (χ4n) is 4.36. The molecule has 0 fully saturated rings. The molecule has 9 heteroatoms. The number of benzene rings is 3. The van der Waals surface area contributed by atoms with Gasteiger partial charge in [-0.05, 0) is 36.6 Å². The summed E-state index contributed by atoms with van der Waals surface area (Å²) in [4.78, 5) is 28.7. The molecule has 7 nitrogen and oxygen atoms in total. The van der Waals surface area contributed by atoms with Crippen LogP contribution in [-0.2, 0) is 32.6 Å². The number of carbonyl (C=O) groups excluding carboxylic acids is 2. The van der Waals surface area contributed by atoms with Gasteiger partial charge in [0.15, 0.2) is 0 Å². The van der Waals surface area contributed by atoms with Crippen LogP contribution < -0.4 is 5.32 Å². The van der Waals surface area contributed by atoms with Crippen molar-refractivity contribution in [2.75, 3.05) is 20.1 Å². The van der Waals surface area contributed by atoms with Crippen LogP contribution in [0.3, 0.4) is 0 Å². The van der Waals surface area contributed by atoms with Gasteiger partial charge in [-0.3, -0.25) is 9.59 Å². The van der Waals surface area contributed by atoms with Crippen LogP contribution in [0.25, 0.3) is 0 Å². The van der Waals surface area contributed by atoms with Crippen LogP contribution in [-0.4, -0.2) is 55.6 Å². The lowest BCUT2D eigenvalue weighted by Gasteiger charge is -2.32. The van der Waals surface area contributed by atoms with Gasteiger partial charge >= 0.3 is 0 Å². The second kappa shape index (κ2) is 15.3. The maximum Gasteiger partial charge on any atom is 0.243 e. The van der Waals surface area contributed by atoms with Gasteiger partial charge in [0.05, 0.1) is 4.90 Å². The van der Waals surface area contributed by atoms with E-state index in [0.29, 0.717) is 12.1 Å². The lowest BCUT2D eigenvalue weighted by atomic mass is 10.0. The topological polar surface area (TPSA) is 86.8 Å². The Bertz CT molecular complexity index is 1340. The first kappa shape index (κ1) is 31.0. The zero-order chi connectivity index (χ0) is 29.0. The average Bonchev–Trinajstić information content (AvgIpc) is 2.96. The van der Waals surface area contributed by atoms with E-state index in [0.717, 1.165) is 18.4 Å². The van der Waals surface area contributed by atoms with Gasteiger partial charge in [-0.1, -0.05) is 80.1 Å². The SMILES string of the molecule is CCCCNC(=O)C(Cc1ccccc1)N(Cc1ccccc1F)C(=O)CCCN(C)S(=O)(=O)c1ccccc1. The molecule has 0 aliphatic heterocycles. The van der Waals surface area contributed by atoms with Gasteiger partial charge in [0.25, 0.3) is 0 Å². The number of nitrogens with one attached hydrogen (secondary N) is 1. The molecular weight excluding hydrogens is 529 g/mol. The highest BCUT2D eigenvalue weighted by Gasteiger charge is 2.31. The first-order chi connectivity index (χ1) is 19.2. The molecule has 0 saturated carbocycles. The highest BCUT2D eigenvalue weighted by molar-refractivity contribution is 7.89. The molecule has 1 atom stereocenters. The zero-order valence-corrected chi connectivity index (χ0v) is 23.9. The Hall–Kier alpha value is -3.56. The van der Waals surface area contributed by atoms with Crippen LogP contribution in [0.1, 0.15) is 43.7 Å². The minimum atomic E-state index is -3.70. The minimum Gasteiger partial charge on any atom is -0.354 e. The maximum absolute atomic E-state index is 14.7. The third kappa shape index (κ3) is 8.72. The zero-order valence-electron chi connectivity index (χ0n) is 23.1. The van der Waals surface area contributed by atoms with Crippen molar-refractivity contribution in [2.45, 2.75) is 56.5 Å². The van der Waals surface area contributed by atoms with Crippen molar-refractivity contribution < 1.29 is 22.4 Å². The molecule has 3 aromatic carbocycles. The Kier molecular flexibility index (Phi) is 11.8. The lowest BCUT2D eigenvalue weighted by molar-refractivity contribution is -0.141. The molecule has 3 aromatic rings. The quantitative estimate of drug-likeness (QED) is 0.268. The second-order valence-corrected chi connectivity index (χ2v) is 11.8. The van der Waals surface area contributed by atoms with Crippen LogP contribution in [0.15, 0.2) is 89.8 Å². The molecule has 3 rings (SSSR count). The van der Waals surface area contributed by atoms with Crippen molar-refractivity contribution in [1.29, 1.82) is 0 Å². The summed E-state index contributed by atoms with van der Waals surface area (Å²) >= 11 is 0. The predicted molar refractivity (Wildman–Crippen MR) is 154 cm³/mol. The van der Waals surface area contributed by atoms with E-state index in [1.807, 2.05) is 37.3 Å². The van der Waals surface area contributed by atoms with Gasteiger partial charge in [-0.15, -0.1) is 0 Å². The molecule has 0 aliphatic rings. The molecule has 40 heavy (non-hydrogen) atoms. The first-order valence-corrected chi connectivity index (χ1v) is 15.0. The molecule has 0 radical (unpaired) electrons. The van der Waals surface area contributed by atoms with Crippen LogP contribution in [0.2, 0.25) is 0 Å². The van der Waals surface area contributed by atoms with E-state index < -0.39 is 21.9 Å². The Balaban J connectivity index is 1.82. The summed E-state index contributed by atoms with van der Waals surface area (Å²) < 4.78 is 41.7. The number of unbranched alkanes of at least 4 members (excludes halogenated alkanes) is 1. The van der Waals surface area contributed by atoms with Crippen molar-refractivity contribution in [3.63, 3.8) is 0 Å². The van der Waals surface area contributed by atoms with Crippen molar-refractivity contribution in [2.24, 2.45) is 0 Å². The molecule has 0 heterocycles. The summed E-state index contributed by atoms with van der Waals surface area (Å²) in [5.41, 5.74) is 1.18. The van der Waals surface area contributed by atoms with Crippen LogP contribution in [0, 0.1) is 5.82 Å². The van der Waals surface area contributed by atoms with Gasteiger partial charge in [0.2, 0.25) is 21.8 Å². The molecule has 0 bridgehead atoms. The first-order valence-electron chi connectivity index (χ1n) is 13.6. The molecular formula is C31H38FN3O4S. The highest BCUT2D eigenvalue weighted by Crippen LogP contribution is 2.19. The standard InChI is InChI=1S/C31H38FN3O4S/c1-3-4-21-33-31(37)29(23-25-14-7-5-8-15-25)35(24-26-16-11-12-19-28(26)32)30(36)20-13-22-34(2)40(38,39)27-17-9-6-10-18-27/h5-12,14-19,29H,3-4,13,20-24H2,1-2H3,(H,33,37). The summed E-state index contributed by atoms with van der Waals surface area (Å²) in [7, 11) is -2.22. The molecule has 0 aromatic heterocycles. The number of hydrogen-bond donors (Lipinski definition) is 1. The fraction of sp³-hybridized carbons (Fsp3) is 0.355. The second-order valence-electron chi connectivity index (χ2n) is 9.71. The van der Waals surface area contributed by atoms with Crippen molar-refractivity contribution in [1.82, 2.24) is 14.5 Å². The summed E-state index contributed by atoms with van der Waals surface area (Å²) in [6.45, 7) is 2.53. The van der Waals surface area contributed by atoms with E-state index in [2.05, 4.69) is 5.32 Å².